The van der Waals surface area contributed by atoms with Gasteiger partial charge in [-0.25, -0.2) is 13.8 Å². The highest BCUT2D eigenvalue weighted by Crippen LogP contribution is 2.34. The van der Waals surface area contributed by atoms with Crippen LogP contribution in [-0.4, -0.2) is 32.0 Å². The molecule has 1 heterocycles. The average molecular weight is 573 g/mol. The first-order chi connectivity index (χ1) is 18.2. The van der Waals surface area contributed by atoms with E-state index in [0.29, 0.717) is 21.4 Å². The fourth-order valence-corrected chi connectivity index (χ4v) is 5.22. The molecule has 10 nitrogen and oxygen atoms in total. The molecule has 1 N–H and O–H groups in total. The van der Waals surface area contributed by atoms with Crippen molar-refractivity contribution >= 4 is 56.7 Å². The van der Waals surface area contributed by atoms with Gasteiger partial charge >= 0.3 is 0 Å². The predicted molar refractivity (Wildman–Crippen MR) is 144 cm³/mol. The molecule has 4 rings (SSSR count). The lowest BCUT2D eigenvalue weighted by Gasteiger charge is -2.23. The molecule has 0 fully saturated rings. The molecule has 0 spiro atoms. The number of benzene rings is 3. The molecular weight excluding hydrogens is 555 g/mol. The molecule has 0 radical (unpaired) electrons. The van der Waals surface area contributed by atoms with Crippen LogP contribution in [0.3, 0.4) is 0 Å². The number of furan rings is 1. The molecule has 0 bridgehead atoms. The summed E-state index contributed by atoms with van der Waals surface area (Å²) >= 11 is 12.3. The Kier molecular flexibility index (Phi) is 8.10. The second-order valence-corrected chi connectivity index (χ2v) is 10.3. The highest BCUT2D eigenvalue weighted by Gasteiger charge is 2.28. The average Bonchev–Trinajstić information content (AvgIpc) is 3.38. The lowest BCUT2D eigenvalue weighted by atomic mass is 10.2. The van der Waals surface area contributed by atoms with Gasteiger partial charge in [-0.05, 0) is 42.5 Å². The second kappa shape index (κ2) is 11.5. The summed E-state index contributed by atoms with van der Waals surface area (Å²) < 4.78 is 33.1. The van der Waals surface area contributed by atoms with Gasteiger partial charge in [0.05, 0.1) is 31.8 Å². The summed E-state index contributed by atoms with van der Waals surface area (Å²) in [5.74, 6) is -0.0863. The Morgan fingerprint density at radius 3 is 2.50 bits per heavy atom. The topological polar surface area (TPSA) is 135 Å². The minimum absolute atomic E-state index is 0.0590. The molecule has 0 aliphatic carbocycles. The van der Waals surface area contributed by atoms with Crippen molar-refractivity contribution in [3.05, 3.63) is 111 Å². The van der Waals surface area contributed by atoms with E-state index in [4.69, 9.17) is 27.6 Å². The predicted octanol–water partition coefficient (Wildman–Crippen LogP) is 5.51. The second-order valence-electron chi connectivity index (χ2n) is 7.70. The Labute approximate surface area is 227 Å². The highest BCUT2D eigenvalue weighted by molar-refractivity contribution is 7.92. The fourth-order valence-electron chi connectivity index (χ4n) is 3.39. The van der Waals surface area contributed by atoms with Gasteiger partial charge in [0.15, 0.2) is 0 Å². The van der Waals surface area contributed by atoms with Gasteiger partial charge in [-0.15, -0.1) is 0 Å². The fraction of sp³-hybridized carbons (Fsp3) is 0.0400. The van der Waals surface area contributed by atoms with Gasteiger partial charge in [-0.2, -0.15) is 5.10 Å². The maximum absolute atomic E-state index is 13.3. The molecule has 4 aromatic rings. The van der Waals surface area contributed by atoms with Gasteiger partial charge in [0.2, 0.25) is 0 Å². The van der Waals surface area contributed by atoms with Crippen LogP contribution in [0.15, 0.2) is 99.3 Å². The third-order valence-corrected chi connectivity index (χ3v) is 7.78. The summed E-state index contributed by atoms with van der Waals surface area (Å²) in [6.45, 7) is -0.697. The molecule has 13 heteroatoms. The number of nitro benzene ring substituents is 1. The Balaban J connectivity index is 1.53. The maximum Gasteiger partial charge on any atom is 0.271 e. The van der Waals surface area contributed by atoms with Crippen LogP contribution in [0.1, 0.15) is 5.76 Å². The van der Waals surface area contributed by atoms with E-state index in [1.165, 1.54) is 48.7 Å². The normalized spacial score (nSPS) is 11.4. The molecule has 1 amide bonds. The van der Waals surface area contributed by atoms with Crippen LogP contribution >= 0.6 is 23.2 Å². The third kappa shape index (κ3) is 6.02. The first-order valence-electron chi connectivity index (χ1n) is 10.8. The van der Waals surface area contributed by atoms with Crippen LogP contribution in [0.4, 0.5) is 11.4 Å². The number of rotatable bonds is 9. The molecular formula is C25H18Cl2N4O6S. The van der Waals surface area contributed by atoms with E-state index >= 15 is 0 Å². The third-order valence-electron chi connectivity index (χ3n) is 5.17. The number of carbonyl (C=O) groups excluding carboxylic acids is 1. The van der Waals surface area contributed by atoms with Crippen molar-refractivity contribution in [3.63, 3.8) is 0 Å². The SMILES string of the molecule is O=C(CN(c1cccc([N+](=O)[O-])c1)S(=O)(=O)c1ccccc1)N/N=C\c1ccc(-c2cccc(Cl)c2Cl)o1. The van der Waals surface area contributed by atoms with Crippen LogP contribution in [0.2, 0.25) is 10.0 Å². The van der Waals surface area contributed by atoms with Gasteiger partial charge in [-0.1, -0.05) is 53.5 Å². The quantitative estimate of drug-likeness (QED) is 0.159. The zero-order valence-corrected chi connectivity index (χ0v) is 21.7. The standard InChI is InChI=1S/C25H18Cl2N4O6S/c26-22-11-5-10-21(25(22)27)23-13-12-19(37-23)15-28-29-24(32)16-30(17-6-4-7-18(14-17)31(33)34)38(35,36)20-8-2-1-3-9-20/h1-15H,16H2,(H,29,32)/b28-15-. The number of hydrazone groups is 1. The number of non-ortho nitro benzene ring substituents is 1. The highest BCUT2D eigenvalue weighted by atomic mass is 35.5. The summed E-state index contributed by atoms with van der Waals surface area (Å²) in [5.41, 5.74) is 2.43. The van der Waals surface area contributed by atoms with Crippen molar-refractivity contribution in [2.45, 2.75) is 4.90 Å². The number of nitrogens with one attached hydrogen (secondary N) is 1. The number of amides is 1. The number of hydrogen-bond donors (Lipinski definition) is 1. The summed E-state index contributed by atoms with van der Waals surface area (Å²) in [7, 11) is -4.25. The number of halogens is 2. The van der Waals surface area contributed by atoms with Crippen molar-refractivity contribution < 1.29 is 22.6 Å². The van der Waals surface area contributed by atoms with E-state index in [-0.39, 0.29) is 22.0 Å². The minimum atomic E-state index is -4.25. The van der Waals surface area contributed by atoms with E-state index in [2.05, 4.69) is 10.5 Å². The zero-order valence-electron chi connectivity index (χ0n) is 19.3. The number of carbonyl (C=O) groups is 1. The van der Waals surface area contributed by atoms with Crippen molar-refractivity contribution in [2.24, 2.45) is 5.10 Å². The van der Waals surface area contributed by atoms with Gasteiger partial charge in [-0.3, -0.25) is 19.2 Å². The van der Waals surface area contributed by atoms with Crippen molar-refractivity contribution in [1.82, 2.24) is 5.43 Å². The Bertz CT molecular complexity index is 1620. The number of nitrogens with zero attached hydrogens (tertiary/aromatic N) is 3. The van der Waals surface area contributed by atoms with E-state index in [0.717, 1.165) is 10.4 Å². The molecule has 0 aliphatic rings. The van der Waals surface area contributed by atoms with Crippen LogP contribution in [0.5, 0.6) is 0 Å². The number of anilines is 1. The van der Waals surface area contributed by atoms with Crippen LogP contribution in [0, 0.1) is 10.1 Å². The summed E-state index contributed by atoms with van der Waals surface area (Å²) in [6.07, 6.45) is 1.23. The number of hydrogen-bond acceptors (Lipinski definition) is 7. The summed E-state index contributed by atoms with van der Waals surface area (Å²) in [4.78, 5) is 23.2. The van der Waals surface area contributed by atoms with Crippen molar-refractivity contribution in [3.8, 4) is 11.3 Å². The van der Waals surface area contributed by atoms with Gasteiger partial charge in [0.1, 0.15) is 18.1 Å². The Hall–Kier alpha value is -4.19. The van der Waals surface area contributed by atoms with Gasteiger partial charge in [0.25, 0.3) is 21.6 Å². The first-order valence-corrected chi connectivity index (χ1v) is 13.0. The summed E-state index contributed by atoms with van der Waals surface area (Å²) in [6, 6.07) is 20.7. The van der Waals surface area contributed by atoms with Crippen molar-refractivity contribution in [1.29, 1.82) is 0 Å². The number of sulfonamides is 1. The van der Waals surface area contributed by atoms with Crippen LogP contribution < -0.4 is 9.73 Å². The van der Waals surface area contributed by atoms with Crippen LogP contribution in [0.25, 0.3) is 11.3 Å². The van der Waals surface area contributed by atoms with E-state index < -0.39 is 27.4 Å². The molecule has 1 aromatic heterocycles. The monoisotopic (exact) mass is 572 g/mol. The zero-order chi connectivity index (χ0) is 27.3. The van der Waals surface area contributed by atoms with E-state index in [1.54, 1.807) is 36.4 Å². The number of nitro groups is 1. The van der Waals surface area contributed by atoms with E-state index in [9.17, 15) is 23.3 Å². The molecule has 0 aliphatic heterocycles. The summed E-state index contributed by atoms with van der Waals surface area (Å²) in [5, 5.41) is 15.7. The van der Waals surface area contributed by atoms with Gasteiger partial charge in [0, 0.05) is 17.7 Å². The van der Waals surface area contributed by atoms with Gasteiger partial charge < -0.3 is 4.42 Å². The smallest absolute Gasteiger partial charge is 0.271 e. The lowest BCUT2D eigenvalue weighted by Crippen LogP contribution is -2.39. The van der Waals surface area contributed by atoms with E-state index in [1.807, 2.05) is 0 Å². The Morgan fingerprint density at radius 1 is 1.03 bits per heavy atom. The molecule has 0 saturated carbocycles. The largest absolute Gasteiger partial charge is 0.455 e. The van der Waals surface area contributed by atoms with Crippen molar-refractivity contribution in [2.75, 3.05) is 10.8 Å². The molecule has 38 heavy (non-hydrogen) atoms. The molecule has 0 unspecified atom stereocenters. The molecule has 0 atom stereocenters. The van der Waals surface area contributed by atoms with Crippen LogP contribution in [-0.2, 0) is 14.8 Å². The Morgan fingerprint density at radius 2 is 1.76 bits per heavy atom. The molecule has 3 aromatic carbocycles. The maximum atomic E-state index is 13.3. The lowest BCUT2D eigenvalue weighted by molar-refractivity contribution is -0.384. The minimum Gasteiger partial charge on any atom is -0.455 e. The first kappa shape index (κ1) is 26.9. The molecule has 194 valence electrons. The molecule has 0 saturated heterocycles.